The first-order valence-electron chi connectivity index (χ1n) is 5.81. The molecule has 0 bridgehead atoms. The Bertz CT molecular complexity index is 242. The molecule has 4 heteroatoms. The molecule has 0 saturated carbocycles. The second kappa shape index (κ2) is 6.51. The molecule has 0 unspecified atom stereocenters. The SMILES string of the molecule is CC(C)C(=O)NCCCNC(=O)C(C)(C)C. The third-order valence-electron chi connectivity index (χ3n) is 2.14. The molecular formula is C12H24N2O2. The molecule has 0 rings (SSSR count). The molecule has 0 aliphatic heterocycles. The summed E-state index contributed by atoms with van der Waals surface area (Å²) in [5.41, 5.74) is -0.346. The van der Waals surface area contributed by atoms with Crippen molar-refractivity contribution in [2.75, 3.05) is 13.1 Å². The molecule has 4 nitrogen and oxygen atoms in total. The molecule has 0 aromatic rings. The Morgan fingerprint density at radius 3 is 2.00 bits per heavy atom. The van der Waals surface area contributed by atoms with E-state index in [0.29, 0.717) is 13.1 Å². The van der Waals surface area contributed by atoms with Crippen LogP contribution in [-0.4, -0.2) is 24.9 Å². The number of amides is 2. The van der Waals surface area contributed by atoms with Gasteiger partial charge in [0.25, 0.3) is 0 Å². The summed E-state index contributed by atoms with van der Waals surface area (Å²) in [5.74, 6) is 0.119. The van der Waals surface area contributed by atoms with Crippen molar-refractivity contribution >= 4 is 11.8 Å². The van der Waals surface area contributed by atoms with Gasteiger partial charge in [0.1, 0.15) is 0 Å². The van der Waals surface area contributed by atoms with Crippen molar-refractivity contribution in [1.82, 2.24) is 10.6 Å². The zero-order valence-electron chi connectivity index (χ0n) is 11.0. The second-order valence-corrected chi connectivity index (χ2v) is 5.31. The number of rotatable bonds is 5. The maximum atomic E-state index is 11.5. The summed E-state index contributed by atoms with van der Waals surface area (Å²) in [6.45, 7) is 10.6. The van der Waals surface area contributed by atoms with Gasteiger partial charge < -0.3 is 10.6 Å². The standard InChI is InChI=1S/C12H24N2O2/c1-9(2)10(15)13-7-6-8-14-11(16)12(3,4)5/h9H,6-8H2,1-5H3,(H,13,15)(H,14,16). The molecule has 0 fully saturated rings. The monoisotopic (exact) mass is 228 g/mol. The zero-order chi connectivity index (χ0) is 12.8. The molecule has 0 radical (unpaired) electrons. The van der Waals surface area contributed by atoms with E-state index in [0.717, 1.165) is 6.42 Å². The normalized spacial score (nSPS) is 11.4. The van der Waals surface area contributed by atoms with Gasteiger partial charge >= 0.3 is 0 Å². The number of hydrogen-bond acceptors (Lipinski definition) is 2. The van der Waals surface area contributed by atoms with Crippen molar-refractivity contribution in [1.29, 1.82) is 0 Å². The van der Waals surface area contributed by atoms with Crippen LogP contribution in [-0.2, 0) is 9.59 Å². The molecule has 2 N–H and O–H groups in total. The van der Waals surface area contributed by atoms with Gasteiger partial charge in [-0.1, -0.05) is 34.6 Å². The Morgan fingerprint density at radius 2 is 1.56 bits per heavy atom. The average molecular weight is 228 g/mol. The van der Waals surface area contributed by atoms with Crippen LogP contribution in [0.5, 0.6) is 0 Å². The van der Waals surface area contributed by atoms with E-state index in [9.17, 15) is 9.59 Å². The molecule has 0 spiro atoms. The van der Waals surface area contributed by atoms with E-state index in [4.69, 9.17) is 0 Å². The van der Waals surface area contributed by atoms with E-state index in [1.54, 1.807) is 0 Å². The lowest BCUT2D eigenvalue weighted by molar-refractivity contribution is -0.128. The smallest absolute Gasteiger partial charge is 0.225 e. The highest BCUT2D eigenvalue weighted by Gasteiger charge is 2.20. The number of hydrogen-bond donors (Lipinski definition) is 2. The minimum atomic E-state index is -0.346. The van der Waals surface area contributed by atoms with Crippen LogP contribution >= 0.6 is 0 Å². The topological polar surface area (TPSA) is 58.2 Å². The van der Waals surface area contributed by atoms with Gasteiger partial charge in [0.05, 0.1) is 0 Å². The highest BCUT2D eigenvalue weighted by Crippen LogP contribution is 2.11. The van der Waals surface area contributed by atoms with Crippen molar-refractivity contribution in [3.05, 3.63) is 0 Å². The van der Waals surface area contributed by atoms with Crippen LogP contribution in [0.15, 0.2) is 0 Å². The lowest BCUT2D eigenvalue weighted by Crippen LogP contribution is -2.37. The highest BCUT2D eigenvalue weighted by molar-refractivity contribution is 5.81. The van der Waals surface area contributed by atoms with Crippen LogP contribution in [0.1, 0.15) is 41.0 Å². The molecule has 0 atom stereocenters. The quantitative estimate of drug-likeness (QED) is 0.697. The van der Waals surface area contributed by atoms with Crippen LogP contribution < -0.4 is 10.6 Å². The number of nitrogens with one attached hydrogen (secondary N) is 2. The third-order valence-corrected chi connectivity index (χ3v) is 2.14. The van der Waals surface area contributed by atoms with Crippen molar-refractivity contribution in [2.24, 2.45) is 11.3 Å². The predicted molar refractivity (Wildman–Crippen MR) is 64.9 cm³/mol. The maximum absolute atomic E-state index is 11.5. The number of carbonyl (C=O) groups is 2. The summed E-state index contributed by atoms with van der Waals surface area (Å²) < 4.78 is 0. The summed E-state index contributed by atoms with van der Waals surface area (Å²) >= 11 is 0. The van der Waals surface area contributed by atoms with E-state index >= 15 is 0 Å². The van der Waals surface area contributed by atoms with Gasteiger partial charge in [0.2, 0.25) is 11.8 Å². The van der Waals surface area contributed by atoms with Crippen molar-refractivity contribution in [3.63, 3.8) is 0 Å². The Balaban J connectivity index is 3.56. The van der Waals surface area contributed by atoms with Gasteiger partial charge in [-0.05, 0) is 6.42 Å². The van der Waals surface area contributed by atoms with Crippen molar-refractivity contribution < 1.29 is 9.59 Å². The summed E-state index contributed by atoms with van der Waals surface area (Å²) in [4.78, 5) is 22.7. The fraction of sp³-hybridized carbons (Fsp3) is 0.833. The highest BCUT2D eigenvalue weighted by atomic mass is 16.2. The molecular weight excluding hydrogens is 204 g/mol. The predicted octanol–water partition coefficient (Wildman–Crippen LogP) is 1.31. The average Bonchev–Trinajstić information content (AvgIpc) is 2.14. The summed E-state index contributed by atoms with van der Waals surface area (Å²) in [6, 6.07) is 0. The zero-order valence-corrected chi connectivity index (χ0v) is 11.0. The summed E-state index contributed by atoms with van der Waals surface area (Å²) in [7, 11) is 0. The van der Waals surface area contributed by atoms with Crippen LogP contribution in [0.3, 0.4) is 0 Å². The Kier molecular flexibility index (Phi) is 6.08. The second-order valence-electron chi connectivity index (χ2n) is 5.31. The van der Waals surface area contributed by atoms with E-state index in [1.165, 1.54) is 0 Å². The largest absolute Gasteiger partial charge is 0.356 e. The van der Waals surface area contributed by atoms with Crippen LogP contribution in [0.4, 0.5) is 0 Å². The molecule has 94 valence electrons. The fourth-order valence-electron chi connectivity index (χ4n) is 0.971. The first-order chi connectivity index (χ1) is 7.25. The summed E-state index contributed by atoms with van der Waals surface area (Å²) in [6.07, 6.45) is 0.764. The van der Waals surface area contributed by atoms with Gasteiger partial charge in [-0.3, -0.25) is 9.59 Å². The molecule has 16 heavy (non-hydrogen) atoms. The number of carbonyl (C=O) groups excluding carboxylic acids is 2. The van der Waals surface area contributed by atoms with Gasteiger partial charge in [-0.25, -0.2) is 0 Å². The Hall–Kier alpha value is -1.06. The van der Waals surface area contributed by atoms with E-state index < -0.39 is 0 Å². The molecule has 0 aliphatic rings. The first kappa shape index (κ1) is 14.9. The molecule has 0 saturated heterocycles. The first-order valence-corrected chi connectivity index (χ1v) is 5.81. The van der Waals surface area contributed by atoms with Gasteiger partial charge in [-0.2, -0.15) is 0 Å². The Morgan fingerprint density at radius 1 is 1.06 bits per heavy atom. The van der Waals surface area contributed by atoms with E-state index in [2.05, 4.69) is 10.6 Å². The maximum Gasteiger partial charge on any atom is 0.225 e. The van der Waals surface area contributed by atoms with Gasteiger partial charge in [0.15, 0.2) is 0 Å². The van der Waals surface area contributed by atoms with Gasteiger partial charge in [0, 0.05) is 24.4 Å². The lowest BCUT2D eigenvalue weighted by Gasteiger charge is -2.17. The minimum absolute atomic E-state index is 0.0177. The lowest BCUT2D eigenvalue weighted by atomic mass is 9.96. The third kappa shape index (κ3) is 6.43. The van der Waals surface area contributed by atoms with Crippen LogP contribution in [0, 0.1) is 11.3 Å². The molecule has 0 aromatic carbocycles. The van der Waals surface area contributed by atoms with Crippen LogP contribution in [0.25, 0.3) is 0 Å². The van der Waals surface area contributed by atoms with Gasteiger partial charge in [-0.15, -0.1) is 0 Å². The minimum Gasteiger partial charge on any atom is -0.356 e. The molecule has 0 aromatic heterocycles. The van der Waals surface area contributed by atoms with Crippen LogP contribution in [0.2, 0.25) is 0 Å². The van der Waals surface area contributed by atoms with E-state index in [-0.39, 0.29) is 23.1 Å². The molecule has 0 heterocycles. The van der Waals surface area contributed by atoms with E-state index in [1.807, 2.05) is 34.6 Å². The fourth-order valence-corrected chi connectivity index (χ4v) is 0.971. The molecule has 2 amide bonds. The molecule has 0 aliphatic carbocycles. The Labute approximate surface area is 98.2 Å². The summed E-state index contributed by atoms with van der Waals surface area (Å²) in [5, 5.41) is 5.64. The van der Waals surface area contributed by atoms with Crippen molar-refractivity contribution in [2.45, 2.75) is 41.0 Å². The van der Waals surface area contributed by atoms with Crippen molar-refractivity contribution in [3.8, 4) is 0 Å².